The average molecular weight is 314 g/mol. The molecule has 21 heavy (non-hydrogen) atoms. The van der Waals surface area contributed by atoms with Crippen molar-refractivity contribution in [3.8, 4) is 0 Å². The van der Waals surface area contributed by atoms with Crippen LogP contribution in [0.2, 0.25) is 0 Å². The second-order valence-corrected chi connectivity index (χ2v) is 7.10. The normalized spacial score (nSPS) is 13.1. The molecular weight excluding hydrogens is 292 g/mol. The fraction of sp³-hybridized carbons (Fsp3) is 0.500. The minimum absolute atomic E-state index is 0.00600. The Morgan fingerprint density at radius 2 is 1.76 bits per heavy atom. The van der Waals surface area contributed by atoms with Crippen LogP contribution in [-0.4, -0.2) is 32.1 Å². The van der Waals surface area contributed by atoms with Gasteiger partial charge in [-0.15, -0.1) is 0 Å². The first-order valence-electron chi connectivity index (χ1n) is 6.79. The molecule has 0 heterocycles. The molecule has 0 aromatic heterocycles. The Morgan fingerprint density at radius 1 is 1.19 bits per heavy atom. The van der Waals surface area contributed by atoms with E-state index >= 15 is 0 Å². The fourth-order valence-corrected chi connectivity index (χ4v) is 3.04. The van der Waals surface area contributed by atoms with Crippen LogP contribution in [0.25, 0.3) is 0 Å². The zero-order valence-electron chi connectivity index (χ0n) is 12.5. The van der Waals surface area contributed by atoms with E-state index in [1.165, 1.54) is 12.1 Å². The van der Waals surface area contributed by atoms with Crippen molar-refractivity contribution in [3.63, 3.8) is 0 Å². The molecule has 0 spiro atoms. The van der Waals surface area contributed by atoms with Crippen LogP contribution < -0.4 is 10.0 Å². The molecule has 1 atom stereocenters. The molecule has 0 amide bonds. The highest BCUT2D eigenvalue weighted by molar-refractivity contribution is 7.89. The molecule has 118 valence electrons. The molecule has 0 bridgehead atoms. The van der Waals surface area contributed by atoms with Gasteiger partial charge in [0.15, 0.2) is 0 Å². The molecule has 1 rings (SSSR count). The Labute approximate surface area is 125 Å². The smallest absolute Gasteiger partial charge is 0.303 e. The van der Waals surface area contributed by atoms with Crippen molar-refractivity contribution in [2.24, 2.45) is 5.92 Å². The van der Waals surface area contributed by atoms with Gasteiger partial charge in [0.2, 0.25) is 10.0 Å². The number of aliphatic carboxylic acids is 1. The number of anilines is 1. The van der Waals surface area contributed by atoms with E-state index in [0.29, 0.717) is 6.54 Å². The van der Waals surface area contributed by atoms with Gasteiger partial charge >= 0.3 is 5.97 Å². The van der Waals surface area contributed by atoms with E-state index in [2.05, 4.69) is 10.0 Å². The van der Waals surface area contributed by atoms with Crippen molar-refractivity contribution in [3.05, 3.63) is 24.3 Å². The van der Waals surface area contributed by atoms with E-state index in [0.717, 1.165) is 5.69 Å². The molecular formula is C14H22N2O4S. The molecule has 0 fully saturated rings. The lowest BCUT2D eigenvalue weighted by Crippen LogP contribution is -2.30. The lowest BCUT2D eigenvalue weighted by atomic mass is 10.1. The maximum absolute atomic E-state index is 11.9. The van der Waals surface area contributed by atoms with Gasteiger partial charge in [-0.1, -0.05) is 6.92 Å². The molecule has 1 aromatic rings. The van der Waals surface area contributed by atoms with Gasteiger partial charge in [-0.2, -0.15) is 0 Å². The van der Waals surface area contributed by atoms with Crippen LogP contribution >= 0.6 is 0 Å². The Morgan fingerprint density at radius 3 is 2.24 bits per heavy atom. The molecule has 0 aliphatic heterocycles. The minimum atomic E-state index is -3.48. The van der Waals surface area contributed by atoms with Crippen molar-refractivity contribution in [1.29, 1.82) is 0 Å². The van der Waals surface area contributed by atoms with Crippen molar-refractivity contribution >= 4 is 21.7 Å². The monoisotopic (exact) mass is 314 g/mol. The van der Waals surface area contributed by atoms with Gasteiger partial charge in [-0.3, -0.25) is 4.79 Å². The Balaban J connectivity index is 2.64. The zero-order chi connectivity index (χ0) is 16.0. The van der Waals surface area contributed by atoms with E-state index in [-0.39, 0.29) is 23.3 Å². The van der Waals surface area contributed by atoms with Crippen LogP contribution in [0.3, 0.4) is 0 Å². The first-order valence-corrected chi connectivity index (χ1v) is 8.27. The van der Waals surface area contributed by atoms with E-state index in [1.54, 1.807) is 26.0 Å². The highest BCUT2D eigenvalue weighted by Crippen LogP contribution is 2.15. The third-order valence-electron chi connectivity index (χ3n) is 2.73. The lowest BCUT2D eigenvalue weighted by molar-refractivity contribution is -0.137. The third-order valence-corrected chi connectivity index (χ3v) is 4.41. The summed E-state index contributed by atoms with van der Waals surface area (Å²) in [5, 5.41) is 11.8. The van der Waals surface area contributed by atoms with Crippen LogP contribution in [0, 0.1) is 5.92 Å². The second-order valence-electron chi connectivity index (χ2n) is 5.38. The minimum Gasteiger partial charge on any atom is -0.481 e. The average Bonchev–Trinajstić information content (AvgIpc) is 2.34. The summed E-state index contributed by atoms with van der Waals surface area (Å²) in [4.78, 5) is 10.8. The number of carboxylic acid groups (broad SMARTS) is 1. The van der Waals surface area contributed by atoms with Gasteiger partial charge in [0.1, 0.15) is 0 Å². The van der Waals surface area contributed by atoms with Gasteiger partial charge in [-0.25, -0.2) is 13.1 Å². The highest BCUT2D eigenvalue weighted by atomic mass is 32.2. The number of carboxylic acids is 1. The molecule has 0 aliphatic rings. The van der Waals surface area contributed by atoms with Crippen LogP contribution in [0.4, 0.5) is 5.69 Å². The van der Waals surface area contributed by atoms with Crippen molar-refractivity contribution in [2.75, 3.05) is 11.9 Å². The summed E-state index contributed by atoms with van der Waals surface area (Å²) < 4.78 is 26.4. The summed E-state index contributed by atoms with van der Waals surface area (Å²) in [5.41, 5.74) is 0.760. The Kier molecular flexibility index (Phi) is 6.17. The number of sulfonamides is 1. The topological polar surface area (TPSA) is 95.5 Å². The molecule has 6 nitrogen and oxygen atoms in total. The molecule has 0 aliphatic carbocycles. The summed E-state index contributed by atoms with van der Waals surface area (Å²) in [7, 11) is -3.48. The van der Waals surface area contributed by atoms with Gasteiger partial charge < -0.3 is 10.4 Å². The fourth-order valence-electron chi connectivity index (χ4n) is 1.79. The third kappa shape index (κ3) is 6.14. The molecule has 7 heteroatoms. The standard InChI is InChI=1S/C14H22N2O4S/c1-10(2)16-21(19,20)13-6-4-12(5-7-13)15-9-11(3)8-14(17)18/h4-7,10-11,15-16H,8-9H2,1-3H3,(H,17,18). The second kappa shape index (κ2) is 7.42. The summed E-state index contributed by atoms with van der Waals surface area (Å²) in [5.74, 6) is -0.834. The quantitative estimate of drug-likeness (QED) is 0.681. The maximum atomic E-state index is 11.9. The first-order chi connectivity index (χ1) is 9.70. The maximum Gasteiger partial charge on any atom is 0.303 e. The molecule has 1 aromatic carbocycles. The lowest BCUT2D eigenvalue weighted by Gasteiger charge is -2.13. The number of carbonyl (C=O) groups is 1. The molecule has 3 N–H and O–H groups in total. The van der Waals surface area contributed by atoms with Gasteiger partial charge in [-0.05, 0) is 44.0 Å². The van der Waals surface area contributed by atoms with E-state index in [1.807, 2.05) is 6.92 Å². The van der Waals surface area contributed by atoms with E-state index in [4.69, 9.17) is 5.11 Å². The largest absolute Gasteiger partial charge is 0.481 e. The SMILES string of the molecule is CC(CNc1ccc(S(=O)(=O)NC(C)C)cc1)CC(=O)O. The number of benzene rings is 1. The van der Waals surface area contributed by atoms with Crippen molar-refractivity contribution < 1.29 is 18.3 Å². The molecule has 0 saturated carbocycles. The van der Waals surface area contributed by atoms with Crippen LogP contribution in [0.15, 0.2) is 29.2 Å². The zero-order valence-corrected chi connectivity index (χ0v) is 13.3. The number of hydrogen-bond donors (Lipinski definition) is 3. The summed E-state index contributed by atoms with van der Waals surface area (Å²) in [6.45, 7) is 5.88. The van der Waals surface area contributed by atoms with E-state index < -0.39 is 16.0 Å². The number of nitrogens with one attached hydrogen (secondary N) is 2. The van der Waals surface area contributed by atoms with Crippen molar-refractivity contribution in [2.45, 2.75) is 38.1 Å². The predicted octanol–water partition coefficient (Wildman–Crippen LogP) is 1.90. The number of hydrogen-bond acceptors (Lipinski definition) is 4. The molecule has 0 radical (unpaired) electrons. The van der Waals surface area contributed by atoms with E-state index in [9.17, 15) is 13.2 Å². The van der Waals surface area contributed by atoms with Crippen LogP contribution in [-0.2, 0) is 14.8 Å². The van der Waals surface area contributed by atoms with Gasteiger partial charge in [0.05, 0.1) is 4.90 Å². The summed E-state index contributed by atoms with van der Waals surface area (Å²) >= 11 is 0. The molecule has 1 unspecified atom stereocenters. The van der Waals surface area contributed by atoms with Crippen LogP contribution in [0.1, 0.15) is 27.2 Å². The molecule has 0 saturated heterocycles. The van der Waals surface area contributed by atoms with Crippen molar-refractivity contribution in [1.82, 2.24) is 4.72 Å². The highest BCUT2D eigenvalue weighted by Gasteiger charge is 2.15. The summed E-state index contributed by atoms with van der Waals surface area (Å²) in [6.07, 6.45) is 0.0950. The Bertz CT molecular complexity index is 567. The Hall–Kier alpha value is -1.60. The summed E-state index contributed by atoms with van der Waals surface area (Å²) in [6, 6.07) is 6.22. The van der Waals surface area contributed by atoms with Gasteiger partial charge in [0.25, 0.3) is 0 Å². The van der Waals surface area contributed by atoms with Crippen LogP contribution in [0.5, 0.6) is 0 Å². The predicted molar refractivity (Wildman–Crippen MR) is 81.8 cm³/mol. The first kappa shape index (κ1) is 17.5. The number of rotatable bonds is 8. The van der Waals surface area contributed by atoms with Gasteiger partial charge in [0, 0.05) is 24.7 Å².